The molecule has 2 aromatic heterocycles. The van der Waals surface area contributed by atoms with Gasteiger partial charge in [0.15, 0.2) is 8.07 Å². The zero-order valence-corrected chi connectivity index (χ0v) is 49.8. The Balaban J connectivity index is 0.00000672. The summed E-state index contributed by atoms with van der Waals surface area (Å²) < 4.78 is 9.16. The summed E-state index contributed by atoms with van der Waals surface area (Å²) in [5, 5.41) is 7.50. The second-order valence-corrected chi connectivity index (χ2v) is 28.5. The Morgan fingerprint density at radius 1 is 0.468 bits per heavy atom. The minimum Gasteiger partial charge on any atom is -0.509 e. The smallest absolute Gasteiger partial charge is 0.179 e. The molecule has 0 radical (unpaired) electrons. The van der Waals surface area contributed by atoms with Crippen molar-refractivity contribution in [1.29, 1.82) is 0 Å². The van der Waals surface area contributed by atoms with Crippen molar-refractivity contribution < 1.29 is 25.8 Å². The molecule has 0 aliphatic carbocycles. The fraction of sp³-hybridized carbons (Fsp3) is 0.229. The molecule has 7 heteroatoms. The molecule has 0 saturated carbocycles. The maximum atomic E-state index is 6.89. The summed E-state index contributed by atoms with van der Waals surface area (Å²) in [5.74, 6) is 2.03. The van der Waals surface area contributed by atoms with Gasteiger partial charge in [-0.15, -0.1) is 48.1 Å². The van der Waals surface area contributed by atoms with Gasteiger partial charge < -0.3 is 19.1 Å². The van der Waals surface area contributed by atoms with Gasteiger partial charge in [0.2, 0.25) is 0 Å². The van der Waals surface area contributed by atoms with Gasteiger partial charge in [-0.2, -0.15) is 12.1 Å². The molecule has 0 spiro atoms. The Morgan fingerprint density at radius 3 is 1.61 bits per heavy atom. The zero-order valence-electron chi connectivity index (χ0n) is 46.6. The van der Waals surface area contributed by atoms with Crippen LogP contribution >= 0.6 is 0 Å². The normalized spacial score (nSPS) is 13.2. The Hall–Kier alpha value is -6.98. The quantitative estimate of drug-likeness (QED) is 0.0819. The number of aromatic nitrogens is 2. The average molecular weight is 1210 g/mol. The number of hydrogen-bond donors (Lipinski definition) is 0. The molecule has 10 aromatic rings. The van der Waals surface area contributed by atoms with Gasteiger partial charge in [-0.3, -0.25) is 0 Å². The van der Waals surface area contributed by atoms with Gasteiger partial charge in [0.05, 0.1) is 0 Å². The van der Waals surface area contributed by atoms with Crippen LogP contribution < -0.4 is 35.3 Å². The van der Waals surface area contributed by atoms with Crippen LogP contribution in [0.2, 0.25) is 0 Å². The van der Waals surface area contributed by atoms with Crippen LogP contribution in [0.3, 0.4) is 0 Å². The molecule has 8 aromatic carbocycles. The van der Waals surface area contributed by atoms with Crippen molar-refractivity contribution in [2.24, 2.45) is 0 Å². The van der Waals surface area contributed by atoms with Crippen LogP contribution in [0.4, 0.5) is 22.7 Å². The van der Waals surface area contributed by atoms with Crippen molar-refractivity contribution in [3.63, 3.8) is 0 Å². The molecule has 0 saturated heterocycles. The van der Waals surface area contributed by atoms with Gasteiger partial charge >= 0.3 is 0 Å². The van der Waals surface area contributed by atoms with Crippen LogP contribution in [0.5, 0.6) is 11.5 Å². The monoisotopic (exact) mass is 1200 g/mol. The van der Waals surface area contributed by atoms with Crippen molar-refractivity contribution in [2.75, 3.05) is 9.80 Å². The number of benzene rings is 8. The van der Waals surface area contributed by atoms with Gasteiger partial charge in [0.1, 0.15) is 5.82 Å². The summed E-state index contributed by atoms with van der Waals surface area (Å²) in [5.41, 5.74) is 11.1. The Labute approximate surface area is 472 Å². The average Bonchev–Trinajstić information content (AvgIpc) is 4.00. The largest absolute Gasteiger partial charge is 0.509 e. The third-order valence-electron chi connectivity index (χ3n) is 15.3. The molecular weight excluding hydrogens is 1140 g/mol. The van der Waals surface area contributed by atoms with Crippen LogP contribution in [-0.2, 0) is 42.7 Å². The first-order chi connectivity index (χ1) is 36.2. The van der Waals surface area contributed by atoms with Crippen molar-refractivity contribution in [2.45, 2.75) is 105 Å². The van der Waals surface area contributed by atoms with Gasteiger partial charge in [-0.25, -0.2) is 4.98 Å². The molecule has 0 N–H and O–H groups in total. The Morgan fingerprint density at radius 2 is 1.04 bits per heavy atom. The molecule has 1 aliphatic heterocycles. The molecular formula is C70H69N4OPtSi-3. The molecule has 0 bridgehead atoms. The number of fused-ring (bicyclic) bond motifs is 4. The summed E-state index contributed by atoms with van der Waals surface area (Å²) in [4.78, 5) is 9.72. The second-order valence-electron chi connectivity index (χ2n) is 24.7. The number of ether oxygens (including phenoxy) is 1. The fourth-order valence-corrected chi connectivity index (χ4v) is 15.9. The van der Waals surface area contributed by atoms with Crippen molar-refractivity contribution in [1.82, 2.24) is 9.55 Å². The fourth-order valence-electron chi connectivity index (χ4n) is 11.1. The van der Waals surface area contributed by atoms with Gasteiger partial charge in [-0.1, -0.05) is 210 Å². The van der Waals surface area contributed by atoms with E-state index in [1.165, 1.54) is 48.7 Å². The molecule has 392 valence electrons. The predicted molar refractivity (Wildman–Crippen MR) is 323 cm³/mol. The Bertz CT molecular complexity index is 3640. The molecule has 5 nitrogen and oxygen atoms in total. The van der Waals surface area contributed by atoms with Crippen LogP contribution in [0, 0.1) is 18.8 Å². The summed E-state index contributed by atoms with van der Waals surface area (Å²) in [6.45, 7) is 29.7. The first-order valence-electron chi connectivity index (χ1n) is 26.8. The van der Waals surface area contributed by atoms with Crippen LogP contribution in [-0.4, -0.2) is 17.6 Å². The molecule has 11 rings (SSSR count). The standard InChI is InChI=1S/C70H69N4OSi.Pt/c1-67(2,3)48-38-39-71-65(43-48)74-62-37-35-58(76(55-26-16-13-17-27-55,56-28-18-14-19-29-56)57-30-20-15-21-31-57)46-60(62)59-36-34-54(45-64(59)74)75-53-25-22-24-51(44-53)72-47-73(66-61(70(10,11)12)32-23-33-63(66)72)52-41-49(68(4,5)6)40-50(42-52)69(7,8)9;/h13-43,46-47H,1-12H3;/q-3;. The minimum atomic E-state index is -2.84. The van der Waals surface area contributed by atoms with E-state index in [1.54, 1.807) is 0 Å². The molecule has 0 atom stereocenters. The molecule has 0 unspecified atom stereocenters. The number of nitrogens with zero attached hydrogens (tertiary/aromatic N) is 4. The summed E-state index contributed by atoms with van der Waals surface area (Å²) in [6.07, 6.45) is 1.94. The molecule has 1 aliphatic rings. The van der Waals surface area contributed by atoms with E-state index in [1.807, 2.05) is 12.3 Å². The zero-order chi connectivity index (χ0) is 53.4. The maximum Gasteiger partial charge on any atom is 0.179 e. The van der Waals surface area contributed by atoms with Crippen LogP contribution in [0.1, 0.15) is 105 Å². The van der Waals surface area contributed by atoms with Crippen molar-refractivity contribution in [3.8, 4) is 17.3 Å². The topological polar surface area (TPSA) is 33.5 Å². The number of rotatable bonds is 9. The molecule has 3 heterocycles. The SMILES string of the molecule is CC(C)(C)c1cc(N2[CH-]N(c3[c-]c(Oc4[c-]c5c(cc4)c4cc([Si](c6ccccc6)(c6ccccc6)c6ccccc6)ccc4n5-c4cc(C(C)(C)C)ccn4)ccc3)c3cccc(C(C)(C)C)c32)cc(C(C)(C)C)c1.[Pt]. The van der Waals surface area contributed by atoms with E-state index in [-0.39, 0.29) is 42.7 Å². The molecule has 77 heavy (non-hydrogen) atoms. The van der Waals surface area contributed by atoms with Crippen LogP contribution in [0.15, 0.2) is 194 Å². The first-order valence-corrected chi connectivity index (χ1v) is 28.8. The summed E-state index contributed by atoms with van der Waals surface area (Å²) in [7, 11) is -2.84. The first kappa shape index (κ1) is 53.4. The predicted octanol–water partition coefficient (Wildman–Crippen LogP) is 15.5. The maximum absolute atomic E-state index is 6.89. The molecule has 0 amide bonds. The molecule has 0 fully saturated rings. The number of para-hydroxylation sites is 1. The van der Waals surface area contributed by atoms with E-state index < -0.39 is 8.07 Å². The Kier molecular flexibility index (Phi) is 13.9. The van der Waals surface area contributed by atoms with Gasteiger partial charge in [-0.05, 0) is 106 Å². The van der Waals surface area contributed by atoms with E-state index in [4.69, 9.17) is 9.72 Å². The van der Waals surface area contributed by atoms with E-state index in [9.17, 15) is 0 Å². The third kappa shape index (κ3) is 9.89. The third-order valence-corrected chi connectivity index (χ3v) is 20.0. The summed E-state index contributed by atoms with van der Waals surface area (Å²) >= 11 is 0. The van der Waals surface area contributed by atoms with Crippen LogP contribution in [0.25, 0.3) is 27.6 Å². The van der Waals surface area contributed by atoms with Crippen molar-refractivity contribution >= 4 is 73.4 Å². The second kappa shape index (κ2) is 20.1. The van der Waals surface area contributed by atoms with E-state index in [0.29, 0.717) is 11.5 Å². The van der Waals surface area contributed by atoms with E-state index in [2.05, 4.69) is 298 Å². The van der Waals surface area contributed by atoms with Crippen molar-refractivity contribution in [3.05, 3.63) is 235 Å². The van der Waals surface area contributed by atoms with Gasteiger partial charge in [0, 0.05) is 61.3 Å². The van der Waals surface area contributed by atoms with E-state index in [0.717, 1.165) is 44.7 Å². The minimum absolute atomic E-state index is 0. The summed E-state index contributed by atoms with van der Waals surface area (Å²) in [6, 6.07) is 76.6. The van der Waals surface area contributed by atoms with E-state index >= 15 is 0 Å². The number of hydrogen-bond acceptors (Lipinski definition) is 4. The van der Waals surface area contributed by atoms with Gasteiger partial charge in [0.25, 0.3) is 0 Å². The number of anilines is 4. The number of pyridine rings is 1.